The Morgan fingerprint density at radius 1 is 1.05 bits per heavy atom. The van der Waals surface area contributed by atoms with Crippen molar-refractivity contribution in [2.24, 2.45) is 5.92 Å². The van der Waals surface area contributed by atoms with Crippen LogP contribution in [-0.2, 0) is 20.8 Å². The Labute approximate surface area is 265 Å². The molecule has 1 saturated heterocycles. The molecule has 5 unspecified atom stereocenters. The van der Waals surface area contributed by atoms with Gasteiger partial charge < -0.3 is 30.5 Å². The predicted molar refractivity (Wildman–Crippen MR) is 171 cm³/mol. The summed E-state index contributed by atoms with van der Waals surface area (Å²) >= 11 is 6.35. The molecule has 44 heavy (non-hydrogen) atoms. The monoisotopic (exact) mass is 621 g/mol. The molecular weight excluding hydrogens is 578 g/mol. The zero-order chi connectivity index (χ0) is 30.8. The van der Waals surface area contributed by atoms with Gasteiger partial charge in [-0.15, -0.1) is 0 Å². The van der Waals surface area contributed by atoms with Gasteiger partial charge in [0.1, 0.15) is 17.8 Å². The first-order valence-corrected chi connectivity index (χ1v) is 16.6. The van der Waals surface area contributed by atoms with Crippen molar-refractivity contribution in [2.45, 2.75) is 88.5 Å². The van der Waals surface area contributed by atoms with Gasteiger partial charge in [-0.2, -0.15) is 0 Å². The summed E-state index contributed by atoms with van der Waals surface area (Å²) in [7, 11) is 1.77. The fourth-order valence-corrected chi connectivity index (χ4v) is 7.83. The number of likely N-dealkylation sites (N-methyl/N-ethyl adjacent to an activating group) is 1. The van der Waals surface area contributed by atoms with Crippen LogP contribution in [-0.4, -0.2) is 73.5 Å². The van der Waals surface area contributed by atoms with E-state index in [2.05, 4.69) is 20.9 Å². The van der Waals surface area contributed by atoms with Crippen LogP contribution in [0.1, 0.15) is 69.0 Å². The van der Waals surface area contributed by atoms with Crippen LogP contribution in [0.3, 0.4) is 0 Å². The van der Waals surface area contributed by atoms with Crippen LogP contribution in [0.15, 0.2) is 42.5 Å². The Kier molecular flexibility index (Phi) is 9.33. The van der Waals surface area contributed by atoms with E-state index < -0.39 is 12.1 Å². The van der Waals surface area contributed by atoms with E-state index in [9.17, 15) is 14.4 Å². The second kappa shape index (κ2) is 13.4. The minimum atomic E-state index is -0.718. The summed E-state index contributed by atoms with van der Waals surface area (Å²) in [6.07, 6.45) is 7.00. The summed E-state index contributed by atoms with van der Waals surface area (Å²) in [5.41, 5.74) is 3.15. The van der Waals surface area contributed by atoms with Gasteiger partial charge in [-0.25, -0.2) is 0 Å². The number of fused-ring (bicyclic) bond motifs is 4. The smallest absolute Gasteiger partial charge is 0.246 e. The SMILES string of the molecule is CCC(NC)C(=O)NC(C(=O)N1CC2Cc3cc(Cl)ccc3N2CC1C(=O)NC1CCOc2ccccc21)C1CCCCC1. The maximum atomic E-state index is 14.7. The number of hydrogen-bond acceptors (Lipinski definition) is 6. The number of halogens is 1. The van der Waals surface area contributed by atoms with E-state index in [-0.39, 0.29) is 41.8 Å². The molecule has 0 bridgehead atoms. The van der Waals surface area contributed by atoms with Gasteiger partial charge in [0.05, 0.1) is 24.7 Å². The molecule has 3 amide bonds. The molecule has 9 nitrogen and oxygen atoms in total. The third-order valence-electron chi connectivity index (χ3n) is 10.0. The molecule has 1 saturated carbocycles. The first-order chi connectivity index (χ1) is 21.4. The highest BCUT2D eigenvalue weighted by atomic mass is 35.5. The first-order valence-electron chi connectivity index (χ1n) is 16.2. The summed E-state index contributed by atoms with van der Waals surface area (Å²) < 4.78 is 5.84. The molecule has 10 heteroatoms. The maximum Gasteiger partial charge on any atom is 0.246 e. The third-order valence-corrected chi connectivity index (χ3v) is 10.3. The second-order valence-electron chi connectivity index (χ2n) is 12.7. The summed E-state index contributed by atoms with van der Waals surface area (Å²) in [5, 5.41) is 10.2. The minimum absolute atomic E-state index is 0.0312. The number of amides is 3. The molecule has 0 radical (unpaired) electrons. The van der Waals surface area contributed by atoms with Crippen LogP contribution in [0.25, 0.3) is 0 Å². The Hall–Kier alpha value is -3.30. The normalized spacial score (nSPS) is 24.3. The van der Waals surface area contributed by atoms with Crippen molar-refractivity contribution in [3.05, 3.63) is 58.6 Å². The first kappa shape index (κ1) is 30.7. The number of benzene rings is 2. The lowest BCUT2D eigenvalue weighted by Gasteiger charge is -2.46. The summed E-state index contributed by atoms with van der Waals surface area (Å²) in [4.78, 5) is 46.4. The van der Waals surface area contributed by atoms with Crippen molar-refractivity contribution in [1.82, 2.24) is 20.9 Å². The van der Waals surface area contributed by atoms with E-state index in [0.29, 0.717) is 37.6 Å². The Morgan fingerprint density at radius 2 is 1.84 bits per heavy atom. The van der Waals surface area contributed by atoms with Gasteiger partial charge in [0.15, 0.2) is 0 Å². The number of nitrogens with zero attached hydrogens (tertiary/aromatic N) is 2. The van der Waals surface area contributed by atoms with Crippen molar-refractivity contribution in [3.63, 3.8) is 0 Å². The minimum Gasteiger partial charge on any atom is -0.493 e. The number of para-hydroxylation sites is 1. The van der Waals surface area contributed by atoms with Crippen LogP contribution in [0.5, 0.6) is 5.75 Å². The molecule has 2 aromatic carbocycles. The molecule has 3 aliphatic heterocycles. The maximum absolute atomic E-state index is 14.7. The van der Waals surface area contributed by atoms with E-state index in [1.54, 1.807) is 11.9 Å². The molecule has 2 aromatic rings. The molecular formula is C34H44ClN5O4. The van der Waals surface area contributed by atoms with Crippen molar-refractivity contribution in [1.29, 1.82) is 0 Å². The van der Waals surface area contributed by atoms with Crippen LogP contribution in [0.2, 0.25) is 5.02 Å². The number of nitrogens with one attached hydrogen (secondary N) is 3. The van der Waals surface area contributed by atoms with Gasteiger partial charge in [-0.3, -0.25) is 14.4 Å². The van der Waals surface area contributed by atoms with E-state index in [4.69, 9.17) is 16.3 Å². The Bertz CT molecular complexity index is 1380. The van der Waals surface area contributed by atoms with E-state index in [0.717, 1.165) is 61.1 Å². The molecule has 5 atom stereocenters. The Morgan fingerprint density at radius 3 is 2.61 bits per heavy atom. The lowest BCUT2D eigenvalue weighted by atomic mass is 9.82. The Balaban J connectivity index is 1.31. The zero-order valence-corrected chi connectivity index (χ0v) is 26.4. The van der Waals surface area contributed by atoms with Crippen LogP contribution < -0.4 is 25.6 Å². The molecule has 6 rings (SSSR count). The number of anilines is 1. The van der Waals surface area contributed by atoms with E-state index >= 15 is 0 Å². The van der Waals surface area contributed by atoms with Crippen molar-refractivity contribution < 1.29 is 19.1 Å². The molecule has 3 N–H and O–H groups in total. The van der Waals surface area contributed by atoms with Crippen LogP contribution >= 0.6 is 11.6 Å². The summed E-state index contributed by atoms with van der Waals surface area (Å²) in [6, 6.07) is 11.7. The fraction of sp³-hybridized carbons (Fsp3) is 0.559. The molecule has 236 valence electrons. The molecule has 4 aliphatic rings. The average Bonchev–Trinajstić information content (AvgIpc) is 3.40. The van der Waals surface area contributed by atoms with Crippen molar-refractivity contribution in [3.8, 4) is 5.75 Å². The number of rotatable bonds is 8. The zero-order valence-electron chi connectivity index (χ0n) is 25.7. The summed E-state index contributed by atoms with van der Waals surface area (Å²) in [6.45, 7) is 3.24. The second-order valence-corrected chi connectivity index (χ2v) is 13.1. The lowest BCUT2D eigenvalue weighted by molar-refractivity contribution is -0.146. The molecule has 3 heterocycles. The van der Waals surface area contributed by atoms with Crippen LogP contribution in [0, 0.1) is 5.92 Å². The number of carbonyl (C=O) groups is 3. The van der Waals surface area contributed by atoms with Gasteiger partial charge >= 0.3 is 0 Å². The fourth-order valence-electron chi connectivity index (χ4n) is 7.64. The van der Waals surface area contributed by atoms with E-state index in [1.807, 2.05) is 49.4 Å². The molecule has 0 spiro atoms. The number of hydrogen-bond donors (Lipinski definition) is 3. The number of piperazine rings is 1. The van der Waals surface area contributed by atoms with Gasteiger partial charge in [-0.1, -0.05) is 56.0 Å². The number of ether oxygens (including phenoxy) is 1. The molecule has 1 aliphatic carbocycles. The highest BCUT2D eigenvalue weighted by Crippen LogP contribution is 2.38. The van der Waals surface area contributed by atoms with E-state index in [1.165, 1.54) is 0 Å². The molecule has 0 aromatic heterocycles. The van der Waals surface area contributed by atoms with Gasteiger partial charge in [0.25, 0.3) is 0 Å². The highest BCUT2D eigenvalue weighted by molar-refractivity contribution is 6.30. The predicted octanol–water partition coefficient (Wildman–Crippen LogP) is 3.99. The average molecular weight is 622 g/mol. The summed E-state index contributed by atoms with van der Waals surface area (Å²) in [5.74, 6) is 0.313. The lowest BCUT2D eigenvalue weighted by Crippen LogP contribution is -2.67. The molecule has 2 fully saturated rings. The van der Waals surface area contributed by atoms with Gasteiger partial charge in [-0.05, 0) is 68.5 Å². The van der Waals surface area contributed by atoms with Gasteiger partial charge in [0, 0.05) is 35.8 Å². The van der Waals surface area contributed by atoms with Crippen molar-refractivity contribution >= 4 is 35.0 Å². The topological polar surface area (TPSA) is 103 Å². The third kappa shape index (κ3) is 6.13. The van der Waals surface area contributed by atoms with Gasteiger partial charge in [0.2, 0.25) is 17.7 Å². The number of carbonyl (C=O) groups excluding carboxylic acids is 3. The highest BCUT2D eigenvalue weighted by Gasteiger charge is 2.47. The van der Waals surface area contributed by atoms with Crippen LogP contribution in [0.4, 0.5) is 5.69 Å². The standard InChI is InChI=1S/C34H44ClN5O4/c1-3-26(36-2)32(41)38-31(21-9-5-4-6-10-21)34(43)40-19-24-18-22-17-23(35)13-14-28(22)39(24)20-29(40)33(42)37-27-15-16-44-30-12-8-7-11-25(27)30/h7-8,11-14,17,21,24,26-27,29,31,36H,3-6,9-10,15-16,18-20H2,1-2H3,(H,37,42)(H,38,41). The quantitative estimate of drug-likeness (QED) is 0.412. The largest absolute Gasteiger partial charge is 0.493 e. The van der Waals surface area contributed by atoms with Crippen molar-refractivity contribution in [2.75, 3.05) is 31.6 Å².